The fraction of sp³-hybridized carbons (Fsp3) is 0.500. The van der Waals surface area contributed by atoms with Crippen LogP contribution >= 0.6 is 0 Å². The smallest absolute Gasteiger partial charge is 0.238 e. The summed E-state index contributed by atoms with van der Waals surface area (Å²) in [4.78, 5) is 13.9. The van der Waals surface area contributed by atoms with Crippen molar-refractivity contribution in [3.8, 4) is 0 Å². The van der Waals surface area contributed by atoms with Gasteiger partial charge in [-0.05, 0) is 18.6 Å². The van der Waals surface area contributed by atoms with Gasteiger partial charge in [0.05, 0.1) is 31.1 Å². The summed E-state index contributed by atoms with van der Waals surface area (Å²) in [5.41, 5.74) is 7.96. The van der Waals surface area contributed by atoms with E-state index in [0.717, 1.165) is 5.56 Å². The van der Waals surface area contributed by atoms with Crippen molar-refractivity contribution in [1.29, 1.82) is 0 Å². The van der Waals surface area contributed by atoms with Gasteiger partial charge in [0, 0.05) is 20.2 Å². The van der Waals surface area contributed by atoms with E-state index in [1.807, 2.05) is 24.0 Å². The number of benzene rings is 1. The third-order valence-electron chi connectivity index (χ3n) is 2.96. The predicted octanol–water partition coefficient (Wildman–Crippen LogP) is 0.456. The molecule has 0 aliphatic carbocycles. The van der Waals surface area contributed by atoms with Crippen molar-refractivity contribution in [2.75, 3.05) is 51.0 Å². The minimum atomic E-state index is -0.157. The van der Waals surface area contributed by atoms with E-state index in [9.17, 15) is 4.79 Å². The number of ether oxygens (including phenoxy) is 1. The van der Waals surface area contributed by atoms with Gasteiger partial charge in [0.1, 0.15) is 0 Å². The molecule has 0 heterocycles. The largest absolute Gasteiger partial charge is 0.397 e. The van der Waals surface area contributed by atoms with Gasteiger partial charge in [-0.1, -0.05) is 12.1 Å². The fourth-order valence-electron chi connectivity index (χ4n) is 1.87. The molecule has 0 aliphatic heterocycles. The number of nitrogen functional groups attached to an aromatic ring is 1. The van der Waals surface area contributed by atoms with E-state index in [0.29, 0.717) is 31.1 Å². The maximum atomic E-state index is 12.0. The Hall–Kier alpha value is -1.63. The summed E-state index contributed by atoms with van der Waals surface area (Å²) in [6.07, 6.45) is 0. The van der Waals surface area contributed by atoms with Crippen LogP contribution in [0.15, 0.2) is 18.2 Å². The Balaban J connectivity index is 2.61. The first-order chi connectivity index (χ1) is 9.58. The molecule has 0 aliphatic rings. The molecule has 0 bridgehead atoms. The summed E-state index contributed by atoms with van der Waals surface area (Å²) in [6.45, 7) is 3.62. The lowest BCUT2D eigenvalue weighted by Gasteiger charge is -2.20. The van der Waals surface area contributed by atoms with Crippen LogP contribution in [0.2, 0.25) is 0 Å². The fourth-order valence-corrected chi connectivity index (χ4v) is 1.87. The Morgan fingerprint density at radius 1 is 1.45 bits per heavy atom. The van der Waals surface area contributed by atoms with Crippen molar-refractivity contribution in [2.24, 2.45) is 0 Å². The highest BCUT2D eigenvalue weighted by atomic mass is 16.5. The van der Waals surface area contributed by atoms with Crippen LogP contribution in [-0.4, -0.2) is 55.9 Å². The van der Waals surface area contributed by atoms with E-state index in [1.165, 1.54) is 0 Å². The number of nitrogens with two attached hydrogens (primary N) is 1. The summed E-state index contributed by atoms with van der Waals surface area (Å²) < 4.78 is 4.98. The molecule has 6 nitrogen and oxygen atoms in total. The number of carbonyl (C=O) groups is 1. The average Bonchev–Trinajstić information content (AvgIpc) is 2.40. The zero-order valence-electron chi connectivity index (χ0n) is 12.1. The predicted molar refractivity (Wildman–Crippen MR) is 79.6 cm³/mol. The SMILES string of the molecule is COCCN(CCO)CC(=O)Nc1c(C)cccc1N. The second kappa shape index (κ2) is 8.52. The van der Waals surface area contributed by atoms with Crippen molar-refractivity contribution in [3.05, 3.63) is 23.8 Å². The van der Waals surface area contributed by atoms with Gasteiger partial charge in [0.15, 0.2) is 0 Å². The van der Waals surface area contributed by atoms with E-state index in [1.54, 1.807) is 13.2 Å². The Labute approximate surface area is 119 Å². The van der Waals surface area contributed by atoms with Crippen molar-refractivity contribution in [1.82, 2.24) is 4.90 Å². The Morgan fingerprint density at radius 2 is 2.20 bits per heavy atom. The maximum absolute atomic E-state index is 12.0. The lowest BCUT2D eigenvalue weighted by Crippen LogP contribution is -2.37. The number of nitrogens with one attached hydrogen (secondary N) is 1. The second-order valence-corrected chi connectivity index (χ2v) is 4.58. The monoisotopic (exact) mass is 281 g/mol. The van der Waals surface area contributed by atoms with Gasteiger partial charge in [-0.3, -0.25) is 9.69 Å². The first-order valence-electron chi connectivity index (χ1n) is 6.55. The molecule has 112 valence electrons. The molecule has 6 heteroatoms. The Morgan fingerprint density at radius 3 is 2.80 bits per heavy atom. The standard InChI is InChI=1S/C14H23N3O3/c1-11-4-3-5-12(15)14(11)16-13(19)10-17(6-8-18)7-9-20-2/h3-5,18H,6-10,15H2,1-2H3,(H,16,19). The molecular formula is C14H23N3O3. The van der Waals surface area contributed by atoms with Crippen LogP contribution in [0.4, 0.5) is 11.4 Å². The van der Waals surface area contributed by atoms with Crippen LogP contribution in [0, 0.1) is 6.92 Å². The maximum Gasteiger partial charge on any atom is 0.238 e. The van der Waals surface area contributed by atoms with Crippen molar-refractivity contribution in [3.63, 3.8) is 0 Å². The molecule has 0 radical (unpaired) electrons. The summed E-state index contributed by atoms with van der Waals surface area (Å²) in [6, 6.07) is 5.48. The molecular weight excluding hydrogens is 258 g/mol. The minimum absolute atomic E-state index is 0.00347. The number of anilines is 2. The molecule has 1 rings (SSSR count). The van der Waals surface area contributed by atoms with Crippen LogP contribution in [0.5, 0.6) is 0 Å². The number of aryl methyl sites for hydroxylation is 1. The number of hydrogen-bond acceptors (Lipinski definition) is 5. The van der Waals surface area contributed by atoms with Crippen molar-refractivity contribution < 1.29 is 14.6 Å². The van der Waals surface area contributed by atoms with Gasteiger partial charge < -0.3 is 20.9 Å². The van der Waals surface area contributed by atoms with Gasteiger partial charge >= 0.3 is 0 Å². The van der Waals surface area contributed by atoms with Gasteiger partial charge in [0.25, 0.3) is 0 Å². The highest BCUT2D eigenvalue weighted by Gasteiger charge is 2.12. The normalized spacial score (nSPS) is 10.8. The number of para-hydroxylation sites is 1. The lowest BCUT2D eigenvalue weighted by atomic mass is 10.1. The van der Waals surface area contributed by atoms with Crippen molar-refractivity contribution in [2.45, 2.75) is 6.92 Å². The summed E-state index contributed by atoms with van der Waals surface area (Å²) >= 11 is 0. The third-order valence-corrected chi connectivity index (χ3v) is 2.96. The molecule has 1 aromatic rings. The number of methoxy groups -OCH3 is 1. The molecule has 20 heavy (non-hydrogen) atoms. The number of aliphatic hydroxyl groups is 1. The third kappa shape index (κ3) is 5.16. The highest BCUT2D eigenvalue weighted by molar-refractivity contribution is 5.96. The molecule has 0 spiro atoms. The number of rotatable bonds is 8. The first kappa shape index (κ1) is 16.4. The number of aliphatic hydroxyl groups excluding tert-OH is 1. The van der Waals surface area contributed by atoms with Gasteiger partial charge in [-0.25, -0.2) is 0 Å². The number of nitrogens with zero attached hydrogens (tertiary/aromatic N) is 1. The molecule has 0 saturated carbocycles. The molecule has 0 saturated heterocycles. The van der Waals surface area contributed by atoms with Crippen LogP contribution in [0.1, 0.15) is 5.56 Å². The quantitative estimate of drug-likeness (QED) is 0.602. The molecule has 4 N–H and O–H groups in total. The van der Waals surface area contributed by atoms with E-state index in [4.69, 9.17) is 15.6 Å². The zero-order valence-corrected chi connectivity index (χ0v) is 12.1. The lowest BCUT2D eigenvalue weighted by molar-refractivity contribution is -0.117. The number of amides is 1. The number of hydrogen-bond donors (Lipinski definition) is 3. The molecule has 1 amide bonds. The molecule has 0 fully saturated rings. The summed E-state index contributed by atoms with van der Waals surface area (Å²) in [5.74, 6) is -0.157. The van der Waals surface area contributed by atoms with E-state index < -0.39 is 0 Å². The van der Waals surface area contributed by atoms with E-state index in [2.05, 4.69) is 5.32 Å². The van der Waals surface area contributed by atoms with Crippen LogP contribution in [-0.2, 0) is 9.53 Å². The molecule has 0 atom stereocenters. The second-order valence-electron chi connectivity index (χ2n) is 4.58. The molecule has 0 aromatic heterocycles. The van der Waals surface area contributed by atoms with Crippen LogP contribution < -0.4 is 11.1 Å². The van der Waals surface area contributed by atoms with Gasteiger partial charge in [0.2, 0.25) is 5.91 Å². The van der Waals surface area contributed by atoms with Crippen molar-refractivity contribution >= 4 is 17.3 Å². The summed E-state index contributed by atoms with van der Waals surface area (Å²) in [7, 11) is 1.60. The van der Waals surface area contributed by atoms with E-state index >= 15 is 0 Å². The Bertz CT molecular complexity index is 417. The topological polar surface area (TPSA) is 87.8 Å². The van der Waals surface area contributed by atoms with Crippen LogP contribution in [0.25, 0.3) is 0 Å². The van der Waals surface area contributed by atoms with Gasteiger partial charge in [-0.15, -0.1) is 0 Å². The van der Waals surface area contributed by atoms with Gasteiger partial charge in [-0.2, -0.15) is 0 Å². The Kier molecular flexibility index (Phi) is 7.00. The first-order valence-corrected chi connectivity index (χ1v) is 6.55. The average molecular weight is 281 g/mol. The zero-order chi connectivity index (χ0) is 15.0. The van der Waals surface area contributed by atoms with E-state index in [-0.39, 0.29) is 19.1 Å². The summed E-state index contributed by atoms with van der Waals surface area (Å²) in [5, 5.41) is 11.8. The van der Waals surface area contributed by atoms with Crippen LogP contribution in [0.3, 0.4) is 0 Å². The molecule has 1 aromatic carbocycles. The molecule has 0 unspecified atom stereocenters. The minimum Gasteiger partial charge on any atom is -0.397 e. The number of carbonyl (C=O) groups excluding carboxylic acids is 1. The highest BCUT2D eigenvalue weighted by Crippen LogP contribution is 2.22.